The molecular weight excluding hydrogens is 387 g/mol. The molecule has 0 fully saturated rings. The van der Waals surface area contributed by atoms with E-state index in [9.17, 15) is 0 Å². The predicted octanol–water partition coefficient (Wildman–Crippen LogP) is 2.42. The van der Waals surface area contributed by atoms with Crippen molar-refractivity contribution in [2.24, 2.45) is 4.99 Å². The average Bonchev–Trinajstić information content (AvgIpc) is 2.88. The lowest BCUT2D eigenvalue weighted by Gasteiger charge is -2.10. The highest BCUT2D eigenvalue weighted by molar-refractivity contribution is 14.0. The second-order valence-electron chi connectivity index (χ2n) is 4.04. The van der Waals surface area contributed by atoms with Crippen LogP contribution in [0.1, 0.15) is 30.2 Å². The Hall–Kier alpha value is -0.410. The summed E-state index contributed by atoms with van der Waals surface area (Å²) in [6.45, 7) is 7.31. The second-order valence-corrected chi connectivity index (χ2v) is 5.24. The fraction of sp³-hybridized carbons (Fsp3) is 0.692. The molecule has 0 unspecified atom stereocenters. The predicted molar refractivity (Wildman–Crippen MR) is 96.2 cm³/mol. The molecule has 1 rings (SSSR count). The number of methoxy groups -OCH3 is 1. The van der Waals surface area contributed by atoms with E-state index >= 15 is 0 Å². The zero-order chi connectivity index (χ0) is 13.9. The maximum absolute atomic E-state index is 5.02. The number of aliphatic imine (C=N–C) groups is 1. The molecule has 1 aromatic rings. The molecule has 0 saturated carbocycles. The Bertz CT molecular complexity index is 384. The number of rotatable bonds is 8. The molecule has 0 saturated heterocycles. The van der Waals surface area contributed by atoms with Gasteiger partial charge in [-0.3, -0.25) is 0 Å². The smallest absolute Gasteiger partial charge is 0.191 e. The lowest BCUT2D eigenvalue weighted by Crippen LogP contribution is -2.38. The molecule has 20 heavy (non-hydrogen) atoms. The quantitative estimate of drug-likeness (QED) is 0.298. The molecule has 0 radical (unpaired) electrons. The summed E-state index contributed by atoms with van der Waals surface area (Å²) in [6, 6.07) is 0. The van der Waals surface area contributed by atoms with Gasteiger partial charge >= 0.3 is 0 Å². The molecule has 0 bridgehead atoms. The number of ether oxygens (including phenoxy) is 1. The van der Waals surface area contributed by atoms with Crippen LogP contribution in [0.15, 0.2) is 11.2 Å². The van der Waals surface area contributed by atoms with Crippen molar-refractivity contribution in [3.05, 3.63) is 16.1 Å². The van der Waals surface area contributed by atoms with Crippen molar-refractivity contribution in [3.8, 4) is 0 Å². The van der Waals surface area contributed by atoms with Crippen molar-refractivity contribution in [3.63, 3.8) is 0 Å². The number of guanidine groups is 1. The molecule has 0 aromatic carbocycles. The molecule has 0 aliphatic carbocycles. The molecule has 0 aliphatic rings. The van der Waals surface area contributed by atoms with E-state index in [1.165, 1.54) is 4.88 Å². The largest absolute Gasteiger partial charge is 0.385 e. The van der Waals surface area contributed by atoms with Crippen LogP contribution in [0.4, 0.5) is 0 Å². The van der Waals surface area contributed by atoms with Crippen LogP contribution in [0, 0.1) is 0 Å². The zero-order valence-corrected chi connectivity index (χ0v) is 15.6. The van der Waals surface area contributed by atoms with Gasteiger partial charge in [0.2, 0.25) is 0 Å². The summed E-state index contributed by atoms with van der Waals surface area (Å²) in [5.74, 6) is 0.840. The van der Waals surface area contributed by atoms with Gasteiger partial charge in [0.25, 0.3) is 0 Å². The normalized spacial score (nSPS) is 11.1. The molecule has 0 aliphatic heterocycles. The number of aromatic nitrogens is 1. The van der Waals surface area contributed by atoms with Crippen molar-refractivity contribution in [2.45, 2.75) is 33.2 Å². The van der Waals surface area contributed by atoms with Gasteiger partial charge in [-0.1, -0.05) is 6.92 Å². The Balaban J connectivity index is 0.00000361. The van der Waals surface area contributed by atoms with Crippen LogP contribution in [0.3, 0.4) is 0 Å². The average molecular weight is 412 g/mol. The molecule has 0 atom stereocenters. The number of aryl methyl sites for hydroxylation is 1. The number of nitrogens with zero attached hydrogens (tertiary/aromatic N) is 2. The zero-order valence-electron chi connectivity index (χ0n) is 12.4. The minimum Gasteiger partial charge on any atom is -0.385 e. The summed E-state index contributed by atoms with van der Waals surface area (Å²) >= 11 is 1.73. The van der Waals surface area contributed by atoms with E-state index < -0.39 is 0 Å². The van der Waals surface area contributed by atoms with Crippen molar-refractivity contribution in [1.29, 1.82) is 0 Å². The molecule has 1 heterocycles. The van der Waals surface area contributed by atoms with E-state index in [2.05, 4.69) is 34.5 Å². The van der Waals surface area contributed by atoms with Gasteiger partial charge < -0.3 is 15.4 Å². The van der Waals surface area contributed by atoms with Crippen molar-refractivity contribution < 1.29 is 4.74 Å². The summed E-state index contributed by atoms with van der Waals surface area (Å²) in [5, 5.41) is 7.57. The number of nitrogens with one attached hydrogen (secondary N) is 2. The van der Waals surface area contributed by atoms with E-state index in [4.69, 9.17) is 4.74 Å². The van der Waals surface area contributed by atoms with E-state index in [0.717, 1.165) is 43.5 Å². The van der Waals surface area contributed by atoms with E-state index in [-0.39, 0.29) is 24.0 Å². The third-order valence-corrected chi connectivity index (χ3v) is 3.61. The van der Waals surface area contributed by atoms with Gasteiger partial charge in [-0.2, -0.15) is 0 Å². The van der Waals surface area contributed by atoms with E-state index in [1.54, 1.807) is 18.4 Å². The molecule has 0 spiro atoms. The van der Waals surface area contributed by atoms with Gasteiger partial charge in [0.05, 0.1) is 6.54 Å². The van der Waals surface area contributed by atoms with Crippen LogP contribution in [0.2, 0.25) is 0 Å². The number of thiazole rings is 1. The molecule has 2 N–H and O–H groups in total. The Morgan fingerprint density at radius 1 is 1.40 bits per heavy atom. The van der Waals surface area contributed by atoms with Gasteiger partial charge in [0.15, 0.2) is 5.96 Å². The fourth-order valence-electron chi connectivity index (χ4n) is 1.50. The first-order valence-electron chi connectivity index (χ1n) is 6.74. The first-order valence-corrected chi connectivity index (χ1v) is 7.56. The van der Waals surface area contributed by atoms with E-state index in [1.807, 2.05) is 6.20 Å². The van der Waals surface area contributed by atoms with Crippen LogP contribution < -0.4 is 10.6 Å². The molecule has 5 nitrogen and oxygen atoms in total. The van der Waals surface area contributed by atoms with Crippen LogP contribution in [0.25, 0.3) is 0 Å². The summed E-state index contributed by atoms with van der Waals surface area (Å²) in [6.07, 6.45) is 3.95. The molecule has 116 valence electrons. The third kappa shape index (κ3) is 8.01. The number of halogens is 1. The Kier molecular flexibility index (Phi) is 12.1. The monoisotopic (exact) mass is 412 g/mol. The van der Waals surface area contributed by atoms with Crippen molar-refractivity contribution in [1.82, 2.24) is 15.6 Å². The van der Waals surface area contributed by atoms with E-state index in [0.29, 0.717) is 6.54 Å². The standard InChI is InChI=1S/C13H24N4OS.HI/c1-4-11-9-16-12(19-11)10-17-13(14-5-2)15-7-6-8-18-3;/h9H,4-8,10H2,1-3H3,(H2,14,15,17);1H. The summed E-state index contributed by atoms with van der Waals surface area (Å²) in [7, 11) is 1.72. The Morgan fingerprint density at radius 3 is 2.80 bits per heavy atom. The summed E-state index contributed by atoms with van der Waals surface area (Å²) < 4.78 is 5.02. The maximum atomic E-state index is 5.02. The minimum absolute atomic E-state index is 0. The Labute approximate surface area is 142 Å². The number of hydrogen-bond acceptors (Lipinski definition) is 4. The van der Waals surface area contributed by atoms with Crippen LogP contribution in [0.5, 0.6) is 0 Å². The van der Waals surface area contributed by atoms with Crippen molar-refractivity contribution in [2.75, 3.05) is 26.8 Å². The van der Waals surface area contributed by atoms with Crippen molar-refractivity contribution >= 4 is 41.3 Å². The van der Waals surface area contributed by atoms with Gasteiger partial charge in [-0.05, 0) is 19.8 Å². The second kappa shape index (κ2) is 12.3. The topological polar surface area (TPSA) is 58.5 Å². The lowest BCUT2D eigenvalue weighted by atomic mass is 10.4. The summed E-state index contributed by atoms with van der Waals surface area (Å²) in [4.78, 5) is 10.2. The highest BCUT2D eigenvalue weighted by Gasteiger charge is 2.01. The first kappa shape index (κ1) is 19.6. The fourth-order valence-corrected chi connectivity index (χ4v) is 2.28. The van der Waals surface area contributed by atoms with Crippen LogP contribution in [-0.2, 0) is 17.7 Å². The number of hydrogen-bond donors (Lipinski definition) is 2. The highest BCUT2D eigenvalue weighted by atomic mass is 127. The van der Waals surface area contributed by atoms with Crippen LogP contribution >= 0.6 is 35.3 Å². The molecule has 0 amide bonds. The molecular formula is C13H25IN4OS. The van der Waals surface area contributed by atoms with Crippen LogP contribution in [-0.4, -0.2) is 37.7 Å². The summed E-state index contributed by atoms with van der Waals surface area (Å²) in [5.41, 5.74) is 0. The third-order valence-electron chi connectivity index (χ3n) is 2.48. The van der Waals surface area contributed by atoms with Gasteiger partial charge in [0, 0.05) is 37.9 Å². The SMILES string of the molecule is CCNC(=NCc1ncc(CC)s1)NCCCOC.I. The highest BCUT2D eigenvalue weighted by Crippen LogP contribution is 2.13. The maximum Gasteiger partial charge on any atom is 0.191 e. The van der Waals surface area contributed by atoms with Gasteiger partial charge in [-0.15, -0.1) is 35.3 Å². The lowest BCUT2D eigenvalue weighted by molar-refractivity contribution is 0.195. The Morgan fingerprint density at radius 2 is 2.20 bits per heavy atom. The molecule has 1 aromatic heterocycles. The minimum atomic E-state index is 0. The van der Waals surface area contributed by atoms with Gasteiger partial charge in [-0.25, -0.2) is 9.98 Å². The first-order chi connectivity index (χ1) is 9.30. The van der Waals surface area contributed by atoms with Gasteiger partial charge in [0.1, 0.15) is 5.01 Å². The molecule has 7 heteroatoms.